The van der Waals surface area contributed by atoms with E-state index in [1.807, 2.05) is 0 Å². The summed E-state index contributed by atoms with van der Waals surface area (Å²) >= 11 is 0. The Kier molecular flexibility index (Phi) is 31.9. The van der Waals surface area contributed by atoms with Crippen LogP contribution in [0.1, 0.15) is 0 Å². The van der Waals surface area contributed by atoms with E-state index < -0.39 is 23.5 Å². The van der Waals surface area contributed by atoms with E-state index in [-0.39, 0.29) is 93.3 Å². The second-order valence-corrected chi connectivity index (χ2v) is 4.82. The van der Waals surface area contributed by atoms with Crippen molar-refractivity contribution in [3.8, 4) is 0 Å². The van der Waals surface area contributed by atoms with E-state index in [4.69, 9.17) is 19.2 Å². The fourth-order valence-electron chi connectivity index (χ4n) is 0.122. The summed E-state index contributed by atoms with van der Waals surface area (Å²) in [5.41, 5.74) is 0. The second-order valence-electron chi connectivity index (χ2n) is 1.44. The molecule has 0 fully saturated rings. The number of hydrogen-bond donors (Lipinski definition) is 1. The summed E-state index contributed by atoms with van der Waals surface area (Å²) in [6.07, 6.45) is 0. The molecule has 0 saturated heterocycles. The molecule has 0 bridgehead atoms. The molecule has 0 aromatic carbocycles. The summed E-state index contributed by atoms with van der Waals surface area (Å²) in [5, 5.41) is 0. The van der Waals surface area contributed by atoms with Crippen molar-refractivity contribution >= 4 is 23.5 Å². The molecule has 0 aromatic rings. The fourth-order valence-corrected chi connectivity index (χ4v) is 1.10. The van der Waals surface area contributed by atoms with Crippen LogP contribution >= 0.6 is 23.5 Å². The average molecular weight is 428 g/mol. The first-order valence-electron chi connectivity index (χ1n) is 2.21. The molecule has 18 heteroatoms. The van der Waals surface area contributed by atoms with Crippen molar-refractivity contribution in [3.05, 3.63) is 0 Å². The second kappa shape index (κ2) is 15.3. The average Bonchev–Trinajstić information content (AvgIpc) is 1.42. The van der Waals surface area contributed by atoms with Gasteiger partial charge in [-0.05, 0) is 0 Å². The summed E-state index contributed by atoms with van der Waals surface area (Å²) in [4.78, 5) is 61.6. The Morgan fingerprint density at radius 1 is 0.722 bits per heavy atom. The van der Waals surface area contributed by atoms with Crippen LogP contribution in [0.25, 0.3) is 0 Å². The van der Waals surface area contributed by atoms with Gasteiger partial charge in [-0.1, -0.05) is 0 Å². The molecule has 0 heterocycles. The molecule has 1 N–H and O–H groups in total. The van der Waals surface area contributed by atoms with Crippen LogP contribution in [0.2, 0.25) is 0 Å². The summed E-state index contributed by atoms with van der Waals surface area (Å²) in [5.74, 6) is 0. The van der Waals surface area contributed by atoms with Crippen LogP contribution < -0.4 is 88.5 Å². The molecule has 0 aromatic heterocycles. The van der Waals surface area contributed by atoms with Crippen molar-refractivity contribution in [1.82, 2.24) is 0 Å². The molecule has 0 unspecified atom stereocenters. The van der Waals surface area contributed by atoms with Crippen molar-refractivity contribution in [2.75, 3.05) is 0 Å². The molecule has 0 aliphatic heterocycles. The Hall–Kier alpha value is 3.41. The third kappa shape index (κ3) is 74.3. The molecule has 0 spiro atoms. The Morgan fingerprint density at radius 2 is 0.833 bits per heavy atom. The first-order valence-corrected chi connectivity index (χ1v) is 6.62. The van der Waals surface area contributed by atoms with Crippen molar-refractivity contribution in [2.45, 2.75) is 0 Å². The summed E-state index contributed by atoms with van der Waals surface area (Å²) in [6.45, 7) is 0. The van der Waals surface area contributed by atoms with Crippen LogP contribution in [0.4, 0.5) is 0 Å². The van der Waals surface area contributed by atoms with Gasteiger partial charge in [0, 0.05) is 0 Å². The SMILES string of the molecule is O=P([O-])([O-])O.O=P([O-])([O-])OP(=O)([O-])[O-].[Fe+2].[Fe+2].[Na+].[Na+]. The Bertz CT molecular complexity index is 271. The molecule has 0 atom stereocenters. The van der Waals surface area contributed by atoms with Crippen LogP contribution in [-0.4, -0.2) is 4.89 Å². The van der Waals surface area contributed by atoms with Crippen molar-refractivity contribution in [3.63, 3.8) is 0 Å². The van der Waals surface area contributed by atoms with Crippen LogP contribution in [0.15, 0.2) is 0 Å². The molecular formula is HFe2Na2O11P3. The monoisotopic (exact) mass is 428 g/mol. The first kappa shape index (κ1) is 37.6. The first-order chi connectivity index (χ1) is 5.71. The minimum atomic E-state index is -5.68. The molecule has 0 amide bonds. The fraction of sp³-hybridized carbons (Fsp3) is 0. The zero-order chi connectivity index (χ0) is 12.2. The van der Waals surface area contributed by atoms with Gasteiger partial charge in [-0.15, -0.1) is 0 Å². The maximum absolute atomic E-state index is 9.32. The Morgan fingerprint density at radius 3 is 0.833 bits per heavy atom. The van der Waals surface area contributed by atoms with Gasteiger partial charge in [-0.3, -0.25) is 0 Å². The molecule has 11 nitrogen and oxygen atoms in total. The van der Waals surface area contributed by atoms with Gasteiger partial charge in [-0.2, -0.15) is 0 Å². The van der Waals surface area contributed by atoms with Crippen molar-refractivity contribution < 1.29 is 146 Å². The smallest absolute Gasteiger partial charge is 0.790 e. The van der Waals surface area contributed by atoms with E-state index >= 15 is 0 Å². The Labute approximate surface area is 167 Å². The van der Waals surface area contributed by atoms with E-state index in [1.165, 1.54) is 0 Å². The third-order valence-electron chi connectivity index (χ3n) is 0.200. The molecule has 0 aliphatic rings. The minimum absolute atomic E-state index is 0. The van der Waals surface area contributed by atoms with Gasteiger partial charge in [0.2, 0.25) is 0 Å². The maximum atomic E-state index is 9.32. The zero-order valence-electron chi connectivity index (χ0n) is 8.58. The summed E-state index contributed by atoms with van der Waals surface area (Å²) < 4.78 is 29.8. The molecule has 0 aliphatic carbocycles. The Balaban J connectivity index is -0.0000000359. The largest absolute Gasteiger partial charge is 2.00 e. The van der Waals surface area contributed by atoms with Gasteiger partial charge >= 0.3 is 93.3 Å². The predicted molar refractivity (Wildman–Crippen MR) is 26.1 cm³/mol. The van der Waals surface area contributed by atoms with Gasteiger partial charge in [0.1, 0.15) is 0 Å². The van der Waals surface area contributed by atoms with Crippen LogP contribution in [0.5, 0.6) is 0 Å². The summed E-state index contributed by atoms with van der Waals surface area (Å²) in [7, 11) is -16.5. The van der Waals surface area contributed by atoms with E-state index in [9.17, 15) is 28.7 Å². The van der Waals surface area contributed by atoms with Gasteiger partial charge in [0.05, 0.1) is 23.5 Å². The van der Waals surface area contributed by atoms with E-state index in [0.717, 1.165) is 0 Å². The van der Waals surface area contributed by atoms with E-state index in [1.54, 1.807) is 0 Å². The maximum Gasteiger partial charge on any atom is 2.00 e. The van der Waals surface area contributed by atoms with Gasteiger partial charge in [0.25, 0.3) is 0 Å². The molecule has 0 saturated carbocycles. The zero-order valence-corrected chi connectivity index (χ0v) is 17.5. The van der Waals surface area contributed by atoms with Crippen LogP contribution in [-0.2, 0) is 52.1 Å². The van der Waals surface area contributed by atoms with Crippen molar-refractivity contribution in [2.24, 2.45) is 0 Å². The van der Waals surface area contributed by atoms with Crippen LogP contribution in [0.3, 0.4) is 0 Å². The van der Waals surface area contributed by atoms with Crippen molar-refractivity contribution in [1.29, 1.82) is 0 Å². The normalized spacial score (nSPS) is 10.2. The number of hydrogen-bond acceptors (Lipinski definition) is 10. The van der Waals surface area contributed by atoms with E-state index in [2.05, 4.69) is 4.31 Å². The molecule has 100 valence electrons. The molecule has 0 rings (SSSR count). The van der Waals surface area contributed by atoms with Crippen LogP contribution in [0, 0.1) is 0 Å². The topological polar surface area (TPSA) is 219 Å². The van der Waals surface area contributed by atoms with Gasteiger partial charge in [-0.25, -0.2) is 0 Å². The van der Waals surface area contributed by atoms with Gasteiger partial charge in [0.15, 0.2) is 0 Å². The third-order valence-corrected chi connectivity index (χ3v) is 1.80. The predicted octanol–water partition coefficient (Wildman–Crippen LogP) is -11.5. The molecule has 0 radical (unpaired) electrons. The number of phosphoric acid groups is 3. The van der Waals surface area contributed by atoms with E-state index in [0.29, 0.717) is 0 Å². The number of rotatable bonds is 2. The minimum Gasteiger partial charge on any atom is -0.790 e. The molecule has 18 heavy (non-hydrogen) atoms. The molecular weight excluding hydrogens is 427 g/mol. The quantitative estimate of drug-likeness (QED) is 0.322. The van der Waals surface area contributed by atoms with Gasteiger partial charge < -0.3 is 52.3 Å². The standard InChI is InChI=1S/2Fe.2Na.H4O7P2.H3O4P/c;;;;1-8(2,3)7-9(4,5)6;1-5(2,3)4/h;;;;(H2,1,2,3)(H2,4,5,6);(H3,1,2,3,4)/q2*+2;2*+1;;/p-6. The summed E-state index contributed by atoms with van der Waals surface area (Å²) in [6, 6.07) is 0.